The van der Waals surface area contributed by atoms with Crippen molar-refractivity contribution in [1.29, 1.82) is 0 Å². The average molecular weight is 367 g/mol. The SMILES string of the molecule is CC(C)CC(C)c1ccccc1NNc1ccccc1C(C)CC(C)(C)C. The van der Waals surface area contributed by atoms with Gasteiger partial charge in [-0.15, -0.1) is 0 Å². The molecule has 0 amide bonds. The predicted octanol–water partition coefficient (Wildman–Crippen LogP) is 7.81. The third-order valence-electron chi connectivity index (χ3n) is 5.06. The van der Waals surface area contributed by atoms with Gasteiger partial charge in [0.15, 0.2) is 0 Å². The minimum absolute atomic E-state index is 0.318. The summed E-state index contributed by atoms with van der Waals surface area (Å²) in [5, 5.41) is 0. The Hall–Kier alpha value is -1.96. The van der Waals surface area contributed by atoms with Crippen LogP contribution in [0.15, 0.2) is 48.5 Å². The van der Waals surface area contributed by atoms with E-state index in [0.717, 1.165) is 6.42 Å². The van der Waals surface area contributed by atoms with Crippen molar-refractivity contribution >= 4 is 11.4 Å². The molecule has 0 spiro atoms. The summed E-state index contributed by atoms with van der Waals surface area (Å²) in [6.45, 7) is 16.2. The lowest BCUT2D eigenvalue weighted by atomic mass is 9.82. The molecule has 2 unspecified atom stereocenters. The van der Waals surface area contributed by atoms with Gasteiger partial charge in [-0.25, -0.2) is 0 Å². The van der Waals surface area contributed by atoms with Crippen molar-refractivity contribution in [1.82, 2.24) is 0 Å². The van der Waals surface area contributed by atoms with Gasteiger partial charge >= 0.3 is 0 Å². The molecule has 148 valence electrons. The number of hydrogen-bond acceptors (Lipinski definition) is 2. The summed E-state index contributed by atoms with van der Waals surface area (Å²) >= 11 is 0. The molecule has 0 aliphatic heterocycles. The molecule has 0 saturated heterocycles. The second kappa shape index (κ2) is 9.30. The molecule has 2 atom stereocenters. The van der Waals surface area contributed by atoms with Crippen LogP contribution in [0.4, 0.5) is 11.4 Å². The molecule has 0 heterocycles. The van der Waals surface area contributed by atoms with E-state index in [9.17, 15) is 0 Å². The third-order valence-corrected chi connectivity index (χ3v) is 5.06. The number of nitrogens with one attached hydrogen (secondary N) is 2. The molecule has 0 fully saturated rings. The molecule has 0 aromatic heterocycles. The highest BCUT2D eigenvalue weighted by Gasteiger charge is 2.19. The molecular formula is C25H38N2. The van der Waals surface area contributed by atoms with E-state index >= 15 is 0 Å². The number of hydrazine groups is 1. The lowest BCUT2D eigenvalue weighted by Gasteiger charge is -2.26. The maximum atomic E-state index is 3.49. The molecule has 2 nitrogen and oxygen atoms in total. The zero-order valence-electron chi connectivity index (χ0n) is 18.3. The van der Waals surface area contributed by atoms with E-state index in [2.05, 4.69) is 108 Å². The van der Waals surface area contributed by atoms with Crippen LogP contribution in [0.1, 0.15) is 84.3 Å². The lowest BCUT2D eigenvalue weighted by Crippen LogP contribution is -2.15. The Kier molecular flexibility index (Phi) is 7.35. The molecule has 27 heavy (non-hydrogen) atoms. The normalized spacial score (nSPS) is 14.1. The third kappa shape index (κ3) is 6.61. The van der Waals surface area contributed by atoms with Gasteiger partial charge in [0, 0.05) is 0 Å². The van der Waals surface area contributed by atoms with Crippen LogP contribution < -0.4 is 10.9 Å². The minimum Gasteiger partial charge on any atom is -0.301 e. The molecule has 2 N–H and O–H groups in total. The number of hydrogen-bond donors (Lipinski definition) is 2. The standard InChI is InChI=1S/C25H38N2/c1-18(2)16-19(3)21-12-8-10-14-23(21)26-27-24-15-11-9-13-22(24)20(4)17-25(5,6)7/h8-15,18-20,26-27H,16-17H2,1-7H3. The van der Waals surface area contributed by atoms with Crippen LogP contribution >= 0.6 is 0 Å². The Morgan fingerprint density at radius 1 is 0.704 bits per heavy atom. The molecule has 0 saturated carbocycles. The zero-order valence-corrected chi connectivity index (χ0v) is 18.3. The fraction of sp³-hybridized carbons (Fsp3) is 0.520. The minimum atomic E-state index is 0.318. The Morgan fingerprint density at radius 2 is 1.15 bits per heavy atom. The van der Waals surface area contributed by atoms with Crippen molar-refractivity contribution in [2.45, 2.75) is 73.1 Å². The second-order valence-electron chi connectivity index (χ2n) is 9.62. The molecule has 0 aliphatic rings. The average Bonchev–Trinajstić information content (AvgIpc) is 2.58. The van der Waals surface area contributed by atoms with Gasteiger partial charge < -0.3 is 10.9 Å². The lowest BCUT2D eigenvalue weighted by molar-refractivity contribution is 0.349. The first-order valence-corrected chi connectivity index (χ1v) is 10.4. The summed E-state index contributed by atoms with van der Waals surface area (Å²) in [6.07, 6.45) is 2.35. The van der Waals surface area contributed by atoms with E-state index in [1.807, 2.05) is 0 Å². The zero-order chi connectivity index (χ0) is 20.0. The smallest absolute Gasteiger partial charge is 0.0574 e. The Labute approximate surface area is 166 Å². The second-order valence-corrected chi connectivity index (χ2v) is 9.62. The molecule has 2 rings (SSSR count). The van der Waals surface area contributed by atoms with E-state index < -0.39 is 0 Å². The molecule has 0 bridgehead atoms. The van der Waals surface area contributed by atoms with Crippen LogP contribution in [0.3, 0.4) is 0 Å². The highest BCUT2D eigenvalue weighted by Crippen LogP contribution is 2.35. The van der Waals surface area contributed by atoms with Gasteiger partial charge in [0.1, 0.15) is 0 Å². The molecule has 0 aliphatic carbocycles. The molecular weight excluding hydrogens is 328 g/mol. The van der Waals surface area contributed by atoms with Gasteiger partial charge in [-0.2, -0.15) is 0 Å². The largest absolute Gasteiger partial charge is 0.301 e. The number of para-hydroxylation sites is 2. The molecule has 0 radical (unpaired) electrons. The van der Waals surface area contributed by atoms with Crippen LogP contribution in [0.25, 0.3) is 0 Å². The topological polar surface area (TPSA) is 24.1 Å². The quantitative estimate of drug-likeness (QED) is 0.465. The molecule has 2 aromatic rings. The van der Waals surface area contributed by atoms with E-state index in [0.29, 0.717) is 23.2 Å². The van der Waals surface area contributed by atoms with E-state index in [4.69, 9.17) is 0 Å². The Morgan fingerprint density at radius 3 is 1.59 bits per heavy atom. The number of anilines is 2. The Balaban J connectivity index is 2.16. The van der Waals surface area contributed by atoms with Crippen molar-refractivity contribution in [2.75, 3.05) is 10.9 Å². The van der Waals surface area contributed by atoms with Crippen LogP contribution in [-0.4, -0.2) is 0 Å². The van der Waals surface area contributed by atoms with Crippen LogP contribution in [0, 0.1) is 11.3 Å². The van der Waals surface area contributed by atoms with Gasteiger partial charge in [0.05, 0.1) is 11.4 Å². The summed E-state index contributed by atoms with van der Waals surface area (Å²) in [7, 11) is 0. The summed E-state index contributed by atoms with van der Waals surface area (Å²) in [4.78, 5) is 0. The first kappa shape index (κ1) is 21.3. The van der Waals surface area contributed by atoms with Crippen molar-refractivity contribution in [3.05, 3.63) is 59.7 Å². The van der Waals surface area contributed by atoms with Gasteiger partial charge in [0.2, 0.25) is 0 Å². The van der Waals surface area contributed by atoms with Gasteiger partial charge in [-0.05, 0) is 59.3 Å². The van der Waals surface area contributed by atoms with E-state index in [1.54, 1.807) is 0 Å². The maximum absolute atomic E-state index is 3.49. The highest BCUT2D eigenvalue weighted by atomic mass is 15.4. The van der Waals surface area contributed by atoms with Crippen LogP contribution in [0.2, 0.25) is 0 Å². The summed E-state index contributed by atoms with van der Waals surface area (Å²) in [5.74, 6) is 1.73. The van der Waals surface area contributed by atoms with Crippen molar-refractivity contribution in [2.24, 2.45) is 11.3 Å². The highest BCUT2D eigenvalue weighted by molar-refractivity contribution is 5.60. The molecule has 2 heteroatoms. The fourth-order valence-corrected chi connectivity index (χ4v) is 4.08. The van der Waals surface area contributed by atoms with Gasteiger partial charge in [-0.1, -0.05) is 84.9 Å². The summed E-state index contributed by atoms with van der Waals surface area (Å²) < 4.78 is 0. The summed E-state index contributed by atoms with van der Waals surface area (Å²) in [5.41, 5.74) is 12.4. The maximum Gasteiger partial charge on any atom is 0.0574 e. The van der Waals surface area contributed by atoms with Crippen LogP contribution in [0.5, 0.6) is 0 Å². The number of benzene rings is 2. The predicted molar refractivity (Wildman–Crippen MR) is 120 cm³/mol. The monoisotopic (exact) mass is 366 g/mol. The van der Waals surface area contributed by atoms with E-state index in [-0.39, 0.29) is 0 Å². The van der Waals surface area contributed by atoms with Crippen LogP contribution in [-0.2, 0) is 0 Å². The number of rotatable bonds is 8. The molecule has 2 aromatic carbocycles. The van der Waals surface area contributed by atoms with Crippen molar-refractivity contribution in [3.63, 3.8) is 0 Å². The Bertz CT molecular complexity index is 712. The van der Waals surface area contributed by atoms with Crippen molar-refractivity contribution < 1.29 is 0 Å². The fourth-order valence-electron chi connectivity index (χ4n) is 4.08. The first-order chi connectivity index (χ1) is 12.7. The van der Waals surface area contributed by atoms with Crippen molar-refractivity contribution in [3.8, 4) is 0 Å². The first-order valence-electron chi connectivity index (χ1n) is 10.4. The summed E-state index contributed by atoms with van der Waals surface area (Å²) in [6, 6.07) is 17.3. The van der Waals surface area contributed by atoms with Gasteiger partial charge in [0.25, 0.3) is 0 Å². The van der Waals surface area contributed by atoms with E-state index in [1.165, 1.54) is 28.9 Å². The van der Waals surface area contributed by atoms with Gasteiger partial charge in [-0.3, -0.25) is 0 Å².